The highest BCUT2D eigenvalue weighted by atomic mass is 32.2. The van der Waals surface area contributed by atoms with Crippen molar-refractivity contribution >= 4 is 16.0 Å². The van der Waals surface area contributed by atoms with Gasteiger partial charge in [-0.1, -0.05) is 134 Å². The summed E-state index contributed by atoms with van der Waals surface area (Å²) in [6, 6.07) is -1.06. The van der Waals surface area contributed by atoms with Crippen molar-refractivity contribution in [3.63, 3.8) is 0 Å². The van der Waals surface area contributed by atoms with Gasteiger partial charge in [0, 0.05) is 6.42 Å². The molecular weight excluding hydrogens is 486 g/mol. The van der Waals surface area contributed by atoms with Crippen molar-refractivity contribution in [2.75, 3.05) is 5.75 Å². The summed E-state index contributed by atoms with van der Waals surface area (Å²) < 4.78 is 32.0. The maximum atomic E-state index is 12.3. The lowest BCUT2D eigenvalue weighted by Crippen LogP contribution is -2.46. The maximum Gasteiger partial charge on any atom is 0.267 e. The van der Waals surface area contributed by atoms with E-state index in [1.54, 1.807) is 6.08 Å². The molecule has 6 nitrogen and oxygen atoms in total. The monoisotopic (exact) mass is 543 g/mol. The molecule has 218 valence electrons. The van der Waals surface area contributed by atoms with E-state index in [0.717, 1.165) is 38.5 Å². The van der Waals surface area contributed by atoms with E-state index in [9.17, 15) is 22.9 Å². The van der Waals surface area contributed by atoms with Crippen molar-refractivity contribution in [1.82, 2.24) is 5.32 Å². The van der Waals surface area contributed by atoms with Crippen molar-refractivity contribution in [1.29, 1.82) is 0 Å². The number of aliphatic hydroxyl groups excluding tert-OH is 1. The van der Waals surface area contributed by atoms with Gasteiger partial charge in [0.15, 0.2) is 0 Å². The van der Waals surface area contributed by atoms with Gasteiger partial charge in [-0.15, -0.1) is 0 Å². The molecule has 0 heterocycles. The highest BCUT2D eigenvalue weighted by Crippen LogP contribution is 2.14. The number of amides is 1. The Morgan fingerprint density at radius 3 is 1.65 bits per heavy atom. The Balaban J connectivity index is 3.99. The van der Waals surface area contributed by atoms with E-state index >= 15 is 0 Å². The zero-order valence-electron chi connectivity index (χ0n) is 23.8. The van der Waals surface area contributed by atoms with Gasteiger partial charge in [0.2, 0.25) is 5.91 Å². The topological polar surface area (TPSA) is 104 Å². The van der Waals surface area contributed by atoms with Crippen LogP contribution in [0.25, 0.3) is 0 Å². The predicted molar refractivity (Wildman–Crippen MR) is 156 cm³/mol. The lowest BCUT2D eigenvalue weighted by Gasteiger charge is -2.21. The molecular formula is C30H57NO5S. The van der Waals surface area contributed by atoms with E-state index in [1.807, 2.05) is 0 Å². The highest BCUT2D eigenvalue weighted by Gasteiger charge is 2.24. The fraction of sp³-hybridized carbons (Fsp3) is 0.833. The standard InChI is InChI=1S/C30H57NO5S/c1-3-5-7-9-11-12-13-14-15-16-17-18-20-22-24-26-30(33)31-28(27-37(34,35)36)29(32)25-23-21-19-10-8-6-4-2/h8,10,23,25,28-29,32H,3-7,9,11-22,24,26-27H2,1-2H3,(H,31,33)(H,34,35,36)/b10-8+,25-23+. The van der Waals surface area contributed by atoms with E-state index in [4.69, 9.17) is 0 Å². The number of carbonyl (C=O) groups excluding carboxylic acids is 1. The summed E-state index contributed by atoms with van der Waals surface area (Å²) >= 11 is 0. The number of aliphatic hydroxyl groups is 1. The number of allylic oxidation sites excluding steroid dienone is 3. The third kappa shape index (κ3) is 26.2. The maximum absolute atomic E-state index is 12.3. The van der Waals surface area contributed by atoms with Crippen LogP contribution < -0.4 is 5.32 Å². The number of carbonyl (C=O) groups is 1. The molecule has 3 N–H and O–H groups in total. The Hall–Kier alpha value is -1.18. The van der Waals surface area contributed by atoms with Gasteiger partial charge in [0.05, 0.1) is 17.9 Å². The molecule has 0 aliphatic rings. The molecule has 0 rings (SSSR count). The molecule has 0 radical (unpaired) electrons. The van der Waals surface area contributed by atoms with Crippen molar-refractivity contribution < 1.29 is 22.9 Å². The van der Waals surface area contributed by atoms with Crippen LogP contribution in [0.3, 0.4) is 0 Å². The number of nitrogens with one attached hydrogen (secondary N) is 1. The van der Waals surface area contributed by atoms with E-state index in [1.165, 1.54) is 83.1 Å². The molecule has 7 heteroatoms. The molecule has 0 fully saturated rings. The molecule has 0 aliphatic heterocycles. The second kappa shape index (κ2) is 25.1. The van der Waals surface area contributed by atoms with Crippen molar-refractivity contribution in [2.24, 2.45) is 0 Å². The van der Waals surface area contributed by atoms with E-state index in [0.29, 0.717) is 12.8 Å². The Morgan fingerprint density at radius 1 is 0.703 bits per heavy atom. The molecule has 0 aliphatic carbocycles. The molecule has 1 amide bonds. The molecule has 0 aromatic rings. The van der Waals surface area contributed by atoms with Crippen molar-refractivity contribution in [3.05, 3.63) is 24.3 Å². The Morgan fingerprint density at radius 2 is 1.16 bits per heavy atom. The SMILES string of the molecule is CCC/C=C/CC/C=C/C(O)C(CS(=O)(=O)O)NC(=O)CCCCCCCCCCCCCCCCC. The highest BCUT2D eigenvalue weighted by molar-refractivity contribution is 7.85. The van der Waals surface area contributed by atoms with Crippen LogP contribution in [-0.2, 0) is 14.9 Å². The molecule has 2 unspecified atom stereocenters. The summed E-state index contributed by atoms with van der Waals surface area (Å²) in [4.78, 5) is 12.3. The van der Waals surface area contributed by atoms with Gasteiger partial charge in [0.25, 0.3) is 10.1 Å². The molecule has 0 saturated carbocycles. The summed E-state index contributed by atoms with van der Waals surface area (Å²) in [5.74, 6) is -1.00. The first-order chi connectivity index (χ1) is 17.8. The smallest absolute Gasteiger partial charge is 0.267 e. The van der Waals surface area contributed by atoms with Crippen LogP contribution in [0.2, 0.25) is 0 Å². The lowest BCUT2D eigenvalue weighted by atomic mass is 10.0. The average molecular weight is 544 g/mol. The van der Waals surface area contributed by atoms with Crippen LogP contribution in [-0.4, -0.2) is 41.9 Å². The molecule has 0 spiro atoms. The number of hydrogen-bond acceptors (Lipinski definition) is 4. The van der Waals surface area contributed by atoms with E-state index in [2.05, 4.69) is 31.3 Å². The van der Waals surface area contributed by atoms with Crippen LogP contribution in [0.5, 0.6) is 0 Å². The largest absolute Gasteiger partial charge is 0.387 e. The number of rotatable bonds is 26. The van der Waals surface area contributed by atoms with Gasteiger partial charge in [-0.3, -0.25) is 9.35 Å². The van der Waals surface area contributed by atoms with Gasteiger partial charge in [0.1, 0.15) is 0 Å². The predicted octanol–water partition coefficient (Wildman–Crippen LogP) is 7.67. The van der Waals surface area contributed by atoms with E-state index < -0.39 is 28.0 Å². The Labute approximate surface area is 228 Å². The minimum Gasteiger partial charge on any atom is -0.387 e. The van der Waals surface area contributed by atoms with Crippen LogP contribution >= 0.6 is 0 Å². The minimum absolute atomic E-state index is 0.291. The van der Waals surface area contributed by atoms with Gasteiger partial charge >= 0.3 is 0 Å². The second-order valence-corrected chi connectivity index (χ2v) is 11.9. The van der Waals surface area contributed by atoms with Gasteiger partial charge < -0.3 is 10.4 Å². The fourth-order valence-corrected chi connectivity index (χ4v) is 5.09. The van der Waals surface area contributed by atoms with Crippen LogP contribution in [0.1, 0.15) is 142 Å². The zero-order chi connectivity index (χ0) is 27.6. The number of hydrogen-bond donors (Lipinski definition) is 3. The van der Waals surface area contributed by atoms with Crippen molar-refractivity contribution in [3.8, 4) is 0 Å². The van der Waals surface area contributed by atoms with Gasteiger partial charge in [-0.25, -0.2) is 0 Å². The van der Waals surface area contributed by atoms with Crippen LogP contribution in [0.4, 0.5) is 0 Å². The summed E-state index contributed by atoms with van der Waals surface area (Å²) in [7, 11) is -4.33. The molecule has 0 aromatic carbocycles. The second-order valence-electron chi connectivity index (χ2n) is 10.4. The molecule has 0 bridgehead atoms. The summed E-state index contributed by atoms with van der Waals surface area (Å²) in [6.07, 6.45) is 29.0. The summed E-state index contributed by atoms with van der Waals surface area (Å²) in [5.41, 5.74) is 0. The fourth-order valence-electron chi connectivity index (χ4n) is 4.35. The third-order valence-corrected chi connectivity index (χ3v) is 7.39. The Kier molecular flexibility index (Phi) is 24.3. The molecule has 2 atom stereocenters. The zero-order valence-corrected chi connectivity index (χ0v) is 24.7. The summed E-state index contributed by atoms with van der Waals surface area (Å²) in [6.45, 7) is 4.37. The lowest BCUT2D eigenvalue weighted by molar-refractivity contribution is -0.122. The molecule has 37 heavy (non-hydrogen) atoms. The van der Waals surface area contributed by atoms with Crippen molar-refractivity contribution in [2.45, 2.75) is 154 Å². The van der Waals surface area contributed by atoms with Crippen LogP contribution in [0, 0.1) is 0 Å². The first-order valence-corrected chi connectivity index (χ1v) is 16.6. The Bertz CT molecular complexity index is 690. The van der Waals surface area contributed by atoms with Gasteiger partial charge in [-0.05, 0) is 25.7 Å². The van der Waals surface area contributed by atoms with E-state index in [-0.39, 0.29) is 5.91 Å². The first kappa shape index (κ1) is 35.8. The molecule has 0 saturated heterocycles. The minimum atomic E-state index is -4.33. The van der Waals surface area contributed by atoms with Gasteiger partial charge in [-0.2, -0.15) is 8.42 Å². The number of unbranched alkanes of at least 4 members (excludes halogenated alkanes) is 16. The third-order valence-electron chi connectivity index (χ3n) is 6.61. The average Bonchev–Trinajstić information content (AvgIpc) is 2.84. The molecule has 0 aromatic heterocycles. The van der Waals surface area contributed by atoms with Crippen LogP contribution in [0.15, 0.2) is 24.3 Å². The first-order valence-electron chi connectivity index (χ1n) is 15.0. The summed E-state index contributed by atoms with van der Waals surface area (Å²) in [5, 5.41) is 13.0. The quantitative estimate of drug-likeness (QED) is 0.0590. The normalized spacial score (nSPS) is 13.9.